The van der Waals surface area contributed by atoms with E-state index in [4.69, 9.17) is 4.74 Å². The molecule has 5 heteroatoms. The van der Waals surface area contributed by atoms with Gasteiger partial charge in [0.25, 0.3) is 0 Å². The molecule has 1 fully saturated rings. The minimum absolute atomic E-state index is 0.0192. The molecule has 0 amide bonds. The molecule has 1 saturated carbocycles. The van der Waals surface area contributed by atoms with Crippen LogP contribution in [0.3, 0.4) is 0 Å². The summed E-state index contributed by atoms with van der Waals surface area (Å²) < 4.78 is 43.1. The van der Waals surface area contributed by atoms with Crippen molar-refractivity contribution in [2.24, 2.45) is 11.8 Å². The molecule has 2 nitrogen and oxygen atoms in total. The van der Waals surface area contributed by atoms with Gasteiger partial charge >= 0.3 is 6.18 Å². The number of hydrogen-bond donors (Lipinski definition) is 1. The molecule has 2 aliphatic rings. The van der Waals surface area contributed by atoms with E-state index in [2.05, 4.69) is 0 Å². The van der Waals surface area contributed by atoms with Gasteiger partial charge in [0.05, 0.1) is 12.5 Å². The largest absolute Gasteiger partial charge is 0.495 e. The van der Waals surface area contributed by atoms with Crippen molar-refractivity contribution < 1.29 is 23.0 Å². The first-order valence-corrected chi connectivity index (χ1v) is 6.06. The number of aliphatic hydroxyl groups excluding tert-OH is 1. The second-order valence-corrected chi connectivity index (χ2v) is 4.85. The summed E-state index contributed by atoms with van der Waals surface area (Å²) in [6.07, 6.45) is -1.10. The summed E-state index contributed by atoms with van der Waals surface area (Å²) in [7, 11) is 0. The van der Waals surface area contributed by atoms with E-state index in [1.165, 1.54) is 0 Å². The molecule has 0 radical (unpaired) electrons. The Kier molecular flexibility index (Phi) is 3.66. The van der Waals surface area contributed by atoms with Crippen LogP contribution in [-0.4, -0.2) is 24.0 Å². The molecule has 1 aliphatic heterocycles. The molecule has 17 heavy (non-hydrogen) atoms. The van der Waals surface area contributed by atoms with Gasteiger partial charge in [-0.25, -0.2) is 0 Å². The van der Waals surface area contributed by atoms with Crippen LogP contribution in [0.2, 0.25) is 0 Å². The van der Waals surface area contributed by atoms with E-state index in [1.54, 1.807) is 6.08 Å². The van der Waals surface area contributed by atoms with Gasteiger partial charge in [0.1, 0.15) is 11.9 Å². The Morgan fingerprint density at radius 1 is 1.35 bits per heavy atom. The molecule has 1 heterocycles. The van der Waals surface area contributed by atoms with E-state index >= 15 is 0 Å². The van der Waals surface area contributed by atoms with E-state index in [1.807, 2.05) is 0 Å². The number of aliphatic hydroxyl groups is 1. The first kappa shape index (κ1) is 12.7. The maximum absolute atomic E-state index is 12.6. The van der Waals surface area contributed by atoms with Crippen LogP contribution in [0.25, 0.3) is 0 Å². The monoisotopic (exact) mass is 250 g/mol. The summed E-state index contributed by atoms with van der Waals surface area (Å²) in [5, 5.41) is 10.00. The normalized spacial score (nSPS) is 31.9. The molecule has 0 aromatic heterocycles. The van der Waals surface area contributed by atoms with Gasteiger partial charge in [0, 0.05) is 6.42 Å². The lowest BCUT2D eigenvalue weighted by atomic mass is 9.78. The molecule has 1 aliphatic carbocycles. The highest BCUT2D eigenvalue weighted by molar-refractivity contribution is 5.06. The number of ether oxygens (including phenoxy) is 1. The molecule has 0 aromatic carbocycles. The molecular weight excluding hydrogens is 233 g/mol. The highest BCUT2D eigenvalue weighted by Crippen LogP contribution is 2.42. The van der Waals surface area contributed by atoms with Crippen LogP contribution in [-0.2, 0) is 4.74 Å². The van der Waals surface area contributed by atoms with Crippen LogP contribution in [0.15, 0.2) is 11.8 Å². The zero-order valence-corrected chi connectivity index (χ0v) is 9.54. The van der Waals surface area contributed by atoms with Gasteiger partial charge in [0.2, 0.25) is 0 Å². The van der Waals surface area contributed by atoms with Gasteiger partial charge in [-0.15, -0.1) is 0 Å². The molecule has 0 bridgehead atoms. The predicted molar refractivity (Wildman–Crippen MR) is 56.2 cm³/mol. The Labute approximate surface area is 98.5 Å². The van der Waals surface area contributed by atoms with Gasteiger partial charge in [-0.2, -0.15) is 13.2 Å². The van der Waals surface area contributed by atoms with Gasteiger partial charge < -0.3 is 9.84 Å². The van der Waals surface area contributed by atoms with Gasteiger partial charge in [-0.3, -0.25) is 0 Å². The minimum atomic E-state index is -4.14. The fourth-order valence-electron chi connectivity index (χ4n) is 2.69. The maximum atomic E-state index is 12.6. The van der Waals surface area contributed by atoms with Crippen LogP contribution >= 0.6 is 0 Å². The van der Waals surface area contributed by atoms with Crippen molar-refractivity contribution >= 4 is 0 Å². The minimum Gasteiger partial charge on any atom is -0.495 e. The van der Waals surface area contributed by atoms with E-state index in [9.17, 15) is 18.3 Å². The molecule has 98 valence electrons. The Hall–Kier alpha value is -0.710. The quantitative estimate of drug-likeness (QED) is 0.816. The van der Waals surface area contributed by atoms with Crippen LogP contribution in [0, 0.1) is 11.8 Å². The number of hydrogen-bond acceptors (Lipinski definition) is 2. The highest BCUT2D eigenvalue weighted by atomic mass is 19.4. The summed E-state index contributed by atoms with van der Waals surface area (Å²) in [5.41, 5.74) is 0. The summed E-state index contributed by atoms with van der Waals surface area (Å²) in [6.45, 7) is 0.530. The lowest BCUT2D eigenvalue weighted by Crippen LogP contribution is -2.34. The van der Waals surface area contributed by atoms with Crippen molar-refractivity contribution in [3.8, 4) is 0 Å². The maximum Gasteiger partial charge on any atom is 0.391 e. The van der Waals surface area contributed by atoms with Crippen LogP contribution in [0.5, 0.6) is 0 Å². The van der Waals surface area contributed by atoms with Crippen molar-refractivity contribution in [3.63, 3.8) is 0 Å². The fraction of sp³-hybridized carbons (Fsp3) is 0.833. The first-order chi connectivity index (χ1) is 7.98. The second kappa shape index (κ2) is 4.88. The third-order valence-electron chi connectivity index (χ3n) is 3.65. The topological polar surface area (TPSA) is 29.5 Å². The molecule has 0 spiro atoms. The molecule has 3 atom stereocenters. The third kappa shape index (κ3) is 2.94. The molecule has 1 N–H and O–H groups in total. The van der Waals surface area contributed by atoms with E-state index < -0.39 is 18.2 Å². The lowest BCUT2D eigenvalue weighted by Gasteiger charge is -2.33. The fourth-order valence-corrected chi connectivity index (χ4v) is 2.69. The standard InChI is InChI=1S/C12H17F3O2/c13-12(14,15)9-4-1-3-8(7-9)11(16)10-5-2-6-17-10/h5,8-9,11,16H,1-4,6-7H2. The van der Waals surface area contributed by atoms with Crippen LogP contribution < -0.4 is 0 Å². The Morgan fingerprint density at radius 2 is 2.12 bits per heavy atom. The Morgan fingerprint density at radius 3 is 2.71 bits per heavy atom. The Bertz CT molecular complexity index is 299. The molecule has 0 aromatic rings. The average molecular weight is 250 g/mol. The number of rotatable bonds is 2. The van der Waals surface area contributed by atoms with Crippen LogP contribution in [0.4, 0.5) is 13.2 Å². The van der Waals surface area contributed by atoms with E-state index in [0.29, 0.717) is 25.2 Å². The van der Waals surface area contributed by atoms with E-state index in [0.717, 1.165) is 6.42 Å². The summed E-state index contributed by atoms with van der Waals surface area (Å²) in [4.78, 5) is 0. The van der Waals surface area contributed by atoms with Gasteiger partial charge in [0.15, 0.2) is 0 Å². The molecular formula is C12H17F3O2. The SMILES string of the molecule is OC(C1=CCCO1)C1CCCC(C(F)(F)F)C1. The average Bonchev–Trinajstić information content (AvgIpc) is 2.80. The molecule has 2 rings (SSSR count). The van der Waals surface area contributed by atoms with Crippen molar-refractivity contribution in [2.75, 3.05) is 6.61 Å². The smallest absolute Gasteiger partial charge is 0.391 e. The van der Waals surface area contributed by atoms with Gasteiger partial charge in [-0.1, -0.05) is 6.42 Å². The predicted octanol–water partition coefficient (Wildman–Crippen LogP) is 3.02. The van der Waals surface area contributed by atoms with Crippen molar-refractivity contribution in [3.05, 3.63) is 11.8 Å². The molecule has 3 unspecified atom stereocenters. The zero-order chi connectivity index (χ0) is 12.5. The van der Waals surface area contributed by atoms with Crippen molar-refractivity contribution in [1.29, 1.82) is 0 Å². The molecule has 0 saturated heterocycles. The zero-order valence-electron chi connectivity index (χ0n) is 9.54. The highest BCUT2D eigenvalue weighted by Gasteiger charge is 2.44. The van der Waals surface area contributed by atoms with Crippen molar-refractivity contribution in [1.82, 2.24) is 0 Å². The van der Waals surface area contributed by atoms with Crippen molar-refractivity contribution in [2.45, 2.75) is 44.4 Å². The first-order valence-electron chi connectivity index (χ1n) is 6.06. The summed E-state index contributed by atoms with van der Waals surface area (Å²) in [6, 6.07) is 0. The van der Waals surface area contributed by atoms with Gasteiger partial charge in [-0.05, 0) is 31.3 Å². The van der Waals surface area contributed by atoms with Crippen LogP contribution in [0.1, 0.15) is 32.1 Å². The summed E-state index contributed by atoms with van der Waals surface area (Å²) >= 11 is 0. The second-order valence-electron chi connectivity index (χ2n) is 4.85. The lowest BCUT2D eigenvalue weighted by molar-refractivity contribution is -0.188. The third-order valence-corrected chi connectivity index (χ3v) is 3.65. The number of halogens is 3. The summed E-state index contributed by atoms with van der Waals surface area (Å²) in [5.74, 6) is -1.12. The van der Waals surface area contributed by atoms with E-state index in [-0.39, 0.29) is 18.8 Å². The number of alkyl halides is 3. The Balaban J connectivity index is 1.97.